The SMILES string of the molecule is CC(=O)c1cccc(S(=O)(=O)N2CCC(C(=O)N3CCCC3c3ccccc3)CC2)c1. The summed E-state index contributed by atoms with van der Waals surface area (Å²) in [7, 11) is -3.68. The second-order valence-corrected chi connectivity index (χ2v) is 10.3. The maximum Gasteiger partial charge on any atom is 0.243 e. The third-order valence-corrected chi connectivity index (χ3v) is 8.30. The molecule has 2 aromatic carbocycles. The number of Topliss-reactive ketones (excluding diaryl/α,β-unsaturated/α-hetero) is 1. The summed E-state index contributed by atoms with van der Waals surface area (Å²) in [6.07, 6.45) is 2.99. The van der Waals surface area contributed by atoms with Gasteiger partial charge in [0.15, 0.2) is 5.78 Å². The quantitative estimate of drug-likeness (QED) is 0.665. The van der Waals surface area contributed by atoms with Crippen molar-refractivity contribution in [3.8, 4) is 0 Å². The van der Waals surface area contributed by atoms with Crippen molar-refractivity contribution in [3.63, 3.8) is 0 Å². The second kappa shape index (κ2) is 8.93. The standard InChI is InChI=1S/C24H28N2O4S/c1-18(27)21-9-5-10-22(17-21)31(29,30)25-15-12-20(13-16-25)24(28)26-14-6-11-23(26)19-7-3-2-4-8-19/h2-5,7-10,17,20,23H,6,11-16H2,1H3. The molecule has 0 radical (unpaired) electrons. The van der Waals surface area contributed by atoms with Crippen molar-refractivity contribution in [2.45, 2.75) is 43.5 Å². The lowest BCUT2D eigenvalue weighted by atomic mass is 9.95. The summed E-state index contributed by atoms with van der Waals surface area (Å²) in [6.45, 7) is 2.80. The van der Waals surface area contributed by atoms with E-state index in [9.17, 15) is 18.0 Å². The summed E-state index contributed by atoms with van der Waals surface area (Å²) in [5, 5.41) is 0. The van der Waals surface area contributed by atoms with Gasteiger partial charge in [0.2, 0.25) is 15.9 Å². The Morgan fingerprint density at radius 3 is 2.29 bits per heavy atom. The first kappa shape index (κ1) is 21.7. The molecule has 1 unspecified atom stereocenters. The first-order valence-corrected chi connectivity index (χ1v) is 12.3. The Morgan fingerprint density at radius 2 is 1.61 bits per heavy atom. The average molecular weight is 441 g/mol. The Labute approximate surface area is 183 Å². The van der Waals surface area contributed by atoms with Gasteiger partial charge < -0.3 is 4.90 Å². The van der Waals surface area contributed by atoms with Crippen molar-refractivity contribution in [2.24, 2.45) is 5.92 Å². The smallest absolute Gasteiger partial charge is 0.243 e. The Balaban J connectivity index is 1.43. The van der Waals surface area contributed by atoms with Crippen molar-refractivity contribution in [1.82, 2.24) is 9.21 Å². The number of carbonyl (C=O) groups is 2. The minimum atomic E-state index is -3.68. The van der Waals surface area contributed by atoms with Crippen LogP contribution >= 0.6 is 0 Å². The van der Waals surface area contributed by atoms with Gasteiger partial charge in [0.05, 0.1) is 10.9 Å². The predicted octanol–water partition coefficient (Wildman–Crippen LogP) is 3.65. The van der Waals surface area contributed by atoms with Gasteiger partial charge in [0, 0.05) is 31.1 Å². The number of sulfonamides is 1. The van der Waals surface area contributed by atoms with Gasteiger partial charge in [0.25, 0.3) is 0 Å². The number of piperidine rings is 1. The minimum absolute atomic E-state index is 0.116. The zero-order valence-corrected chi connectivity index (χ0v) is 18.6. The van der Waals surface area contributed by atoms with Crippen LogP contribution in [0.2, 0.25) is 0 Å². The first-order valence-electron chi connectivity index (χ1n) is 10.8. The van der Waals surface area contributed by atoms with Crippen LogP contribution < -0.4 is 0 Å². The number of benzene rings is 2. The summed E-state index contributed by atoms with van der Waals surface area (Å²) in [6, 6.07) is 16.4. The van der Waals surface area contributed by atoms with Crippen LogP contribution in [0.3, 0.4) is 0 Å². The fraction of sp³-hybridized carbons (Fsp3) is 0.417. The zero-order valence-electron chi connectivity index (χ0n) is 17.7. The highest BCUT2D eigenvalue weighted by Gasteiger charge is 2.37. The third-order valence-electron chi connectivity index (χ3n) is 6.40. The van der Waals surface area contributed by atoms with E-state index in [2.05, 4.69) is 12.1 Å². The molecular formula is C24H28N2O4S. The third kappa shape index (κ3) is 4.43. The molecule has 0 bridgehead atoms. The molecule has 2 heterocycles. The minimum Gasteiger partial charge on any atom is -0.335 e. The molecule has 7 heteroatoms. The molecule has 4 rings (SSSR count). The molecule has 0 N–H and O–H groups in total. The van der Waals surface area contributed by atoms with E-state index in [4.69, 9.17) is 0 Å². The lowest BCUT2D eigenvalue weighted by molar-refractivity contribution is -0.137. The highest BCUT2D eigenvalue weighted by atomic mass is 32.2. The molecule has 31 heavy (non-hydrogen) atoms. The maximum atomic E-state index is 13.3. The van der Waals surface area contributed by atoms with Gasteiger partial charge in [-0.15, -0.1) is 0 Å². The molecule has 2 fully saturated rings. The van der Waals surface area contributed by atoms with Gasteiger partial charge in [0.1, 0.15) is 0 Å². The van der Waals surface area contributed by atoms with Crippen molar-refractivity contribution in [2.75, 3.05) is 19.6 Å². The van der Waals surface area contributed by atoms with Crippen LogP contribution in [0, 0.1) is 5.92 Å². The lowest BCUT2D eigenvalue weighted by Crippen LogP contribution is -2.44. The van der Waals surface area contributed by atoms with Gasteiger partial charge in [-0.2, -0.15) is 4.31 Å². The highest BCUT2D eigenvalue weighted by Crippen LogP contribution is 2.35. The molecule has 2 saturated heterocycles. The largest absolute Gasteiger partial charge is 0.335 e. The van der Waals surface area contributed by atoms with Crippen LogP contribution in [0.15, 0.2) is 59.5 Å². The monoisotopic (exact) mass is 440 g/mol. The predicted molar refractivity (Wildman–Crippen MR) is 118 cm³/mol. The number of amides is 1. The van der Waals surface area contributed by atoms with Crippen LogP contribution in [-0.4, -0.2) is 48.9 Å². The van der Waals surface area contributed by atoms with Gasteiger partial charge in [-0.05, 0) is 50.3 Å². The fourth-order valence-corrected chi connectivity index (χ4v) is 6.17. The van der Waals surface area contributed by atoms with E-state index in [0.29, 0.717) is 31.5 Å². The Bertz CT molecular complexity index is 1060. The Morgan fingerprint density at radius 1 is 0.903 bits per heavy atom. The van der Waals surface area contributed by atoms with Gasteiger partial charge in [-0.1, -0.05) is 42.5 Å². The maximum absolute atomic E-state index is 13.3. The average Bonchev–Trinajstić information content (AvgIpc) is 3.29. The van der Waals surface area contributed by atoms with Gasteiger partial charge in [-0.3, -0.25) is 9.59 Å². The summed E-state index contributed by atoms with van der Waals surface area (Å²) in [5.41, 5.74) is 1.55. The van der Waals surface area contributed by atoms with Crippen molar-refractivity contribution >= 4 is 21.7 Å². The molecular weight excluding hydrogens is 412 g/mol. The van der Waals surface area contributed by atoms with Crippen molar-refractivity contribution in [1.29, 1.82) is 0 Å². The molecule has 1 atom stereocenters. The number of nitrogens with zero attached hydrogens (tertiary/aromatic N) is 2. The topological polar surface area (TPSA) is 74.8 Å². The van der Waals surface area contributed by atoms with Crippen LogP contribution in [0.25, 0.3) is 0 Å². The molecule has 0 aromatic heterocycles. The van der Waals surface area contributed by atoms with E-state index in [1.165, 1.54) is 28.9 Å². The van der Waals surface area contributed by atoms with Crippen molar-refractivity contribution in [3.05, 3.63) is 65.7 Å². The zero-order chi connectivity index (χ0) is 22.0. The van der Waals surface area contributed by atoms with E-state index < -0.39 is 10.0 Å². The number of carbonyl (C=O) groups excluding carboxylic acids is 2. The van der Waals surface area contributed by atoms with E-state index >= 15 is 0 Å². The van der Waals surface area contributed by atoms with E-state index in [1.54, 1.807) is 12.1 Å². The molecule has 0 saturated carbocycles. The number of rotatable bonds is 5. The Hall–Kier alpha value is -2.51. The molecule has 2 aromatic rings. The summed E-state index contributed by atoms with van der Waals surface area (Å²) >= 11 is 0. The summed E-state index contributed by atoms with van der Waals surface area (Å²) < 4.78 is 27.5. The molecule has 164 valence electrons. The highest BCUT2D eigenvalue weighted by molar-refractivity contribution is 7.89. The fourth-order valence-electron chi connectivity index (χ4n) is 4.65. The Kier molecular flexibility index (Phi) is 6.25. The molecule has 2 aliphatic rings. The summed E-state index contributed by atoms with van der Waals surface area (Å²) in [4.78, 5) is 27.0. The molecule has 6 nitrogen and oxygen atoms in total. The molecule has 0 spiro atoms. The van der Waals surface area contributed by atoms with E-state index in [0.717, 1.165) is 19.4 Å². The van der Waals surface area contributed by atoms with Gasteiger partial charge in [-0.25, -0.2) is 8.42 Å². The first-order chi connectivity index (χ1) is 14.9. The van der Waals surface area contributed by atoms with Crippen LogP contribution in [0.1, 0.15) is 54.6 Å². The van der Waals surface area contributed by atoms with Crippen LogP contribution in [-0.2, 0) is 14.8 Å². The lowest BCUT2D eigenvalue weighted by Gasteiger charge is -2.34. The molecule has 0 aliphatic carbocycles. The molecule has 2 aliphatic heterocycles. The normalized spacial score (nSPS) is 20.7. The van der Waals surface area contributed by atoms with Crippen LogP contribution in [0.5, 0.6) is 0 Å². The number of hydrogen-bond acceptors (Lipinski definition) is 4. The van der Waals surface area contributed by atoms with Gasteiger partial charge >= 0.3 is 0 Å². The van der Waals surface area contributed by atoms with Crippen molar-refractivity contribution < 1.29 is 18.0 Å². The van der Waals surface area contributed by atoms with E-state index in [1.807, 2.05) is 23.1 Å². The molecule has 1 amide bonds. The second-order valence-electron chi connectivity index (χ2n) is 8.36. The van der Waals surface area contributed by atoms with E-state index in [-0.39, 0.29) is 28.5 Å². The summed E-state index contributed by atoms with van der Waals surface area (Å²) in [5.74, 6) is -0.179. The number of hydrogen-bond donors (Lipinski definition) is 0. The number of likely N-dealkylation sites (tertiary alicyclic amines) is 1. The number of ketones is 1. The van der Waals surface area contributed by atoms with Crippen LogP contribution in [0.4, 0.5) is 0 Å².